The Morgan fingerprint density at radius 2 is 0.954 bits per heavy atom. The second-order valence-corrected chi connectivity index (χ2v) is 16.8. The van der Waals surface area contributed by atoms with E-state index in [0.717, 1.165) is 76.7 Å². The van der Waals surface area contributed by atoms with Gasteiger partial charge in [0.05, 0.1) is 7.11 Å². The number of hydrogen-bond donors (Lipinski definition) is 2. The van der Waals surface area contributed by atoms with E-state index in [-0.39, 0.29) is 11.1 Å². The molecule has 6 aromatic carbocycles. The van der Waals surface area contributed by atoms with E-state index in [1.54, 1.807) is 19.2 Å². The molecule has 0 aliphatic carbocycles. The van der Waals surface area contributed by atoms with Crippen LogP contribution in [-0.2, 0) is 9.59 Å². The number of nitrogens with zero attached hydrogens (tertiary/aromatic N) is 3. The Morgan fingerprint density at radius 3 is 1.38 bits per heavy atom. The van der Waals surface area contributed by atoms with Crippen molar-refractivity contribution < 1.29 is 24.5 Å². The molecule has 0 radical (unpaired) electrons. The first-order valence-corrected chi connectivity index (χ1v) is 21.9. The fraction of sp³-hybridized carbons (Fsp3) is 0.0182. The lowest BCUT2D eigenvalue weighted by atomic mass is 10.0. The van der Waals surface area contributed by atoms with E-state index in [9.17, 15) is 30.3 Å². The molecule has 8 nitrogen and oxygen atoms in total. The average Bonchev–Trinajstić information content (AvgIpc) is 4.02. The number of benzene rings is 6. The molecule has 0 aliphatic rings. The quantitative estimate of drug-likeness (QED) is 0.0626. The van der Waals surface area contributed by atoms with Crippen LogP contribution in [0, 0.1) is 22.7 Å². The molecule has 8 rings (SSSR count). The van der Waals surface area contributed by atoms with Crippen molar-refractivity contribution in [2.45, 2.75) is 0 Å². The van der Waals surface area contributed by atoms with Crippen LogP contribution in [0.1, 0.15) is 41.8 Å². The summed E-state index contributed by atoms with van der Waals surface area (Å²) in [6.07, 6.45) is 7.02. The van der Waals surface area contributed by atoms with Crippen molar-refractivity contribution in [1.29, 1.82) is 10.5 Å². The van der Waals surface area contributed by atoms with Crippen molar-refractivity contribution in [2.24, 2.45) is 0 Å². The number of hydrogen-bond acceptors (Lipinski definition) is 8. The zero-order valence-electron chi connectivity index (χ0n) is 34.8. The molecule has 0 aliphatic heterocycles. The Balaban J connectivity index is 1.18. The van der Waals surface area contributed by atoms with Gasteiger partial charge in [0, 0.05) is 36.6 Å². The number of carboxylic acid groups (broad SMARTS) is 2. The van der Waals surface area contributed by atoms with Gasteiger partial charge in [0.2, 0.25) is 0 Å². The van der Waals surface area contributed by atoms with Crippen molar-refractivity contribution >= 4 is 97.9 Å². The summed E-state index contributed by atoms with van der Waals surface area (Å²) in [7, 11) is 1.66. The van der Waals surface area contributed by atoms with Gasteiger partial charge in [0.25, 0.3) is 0 Å². The third-order valence-electron chi connectivity index (χ3n) is 10.4. The van der Waals surface area contributed by atoms with Crippen LogP contribution in [0.2, 0.25) is 0 Å². The van der Waals surface area contributed by atoms with Crippen LogP contribution >= 0.6 is 22.7 Å². The minimum Gasteiger partial charge on any atom is -0.497 e. The highest BCUT2D eigenvalue weighted by Crippen LogP contribution is 2.39. The fourth-order valence-corrected chi connectivity index (χ4v) is 9.22. The topological polar surface area (TPSA) is 135 Å². The first-order valence-electron chi connectivity index (χ1n) is 20.2. The van der Waals surface area contributed by atoms with Crippen molar-refractivity contribution in [1.82, 2.24) is 0 Å². The van der Waals surface area contributed by atoms with Gasteiger partial charge in [-0.1, -0.05) is 97.1 Å². The third kappa shape index (κ3) is 10.1. The second kappa shape index (κ2) is 19.7. The fourth-order valence-electron chi connectivity index (χ4n) is 7.24. The molecule has 0 atom stereocenters. The molecule has 314 valence electrons. The second-order valence-electron chi connectivity index (χ2n) is 14.6. The maximum absolute atomic E-state index is 11.5. The molecule has 10 heteroatoms. The molecule has 2 heterocycles. The first kappa shape index (κ1) is 43.1. The summed E-state index contributed by atoms with van der Waals surface area (Å²) >= 11 is 2.84. The number of aliphatic carboxylic acids is 2. The molecule has 0 fully saturated rings. The lowest BCUT2D eigenvalue weighted by molar-refractivity contribution is -0.133. The number of methoxy groups -OCH3 is 1. The van der Waals surface area contributed by atoms with Gasteiger partial charge in [0.15, 0.2) is 0 Å². The molecule has 65 heavy (non-hydrogen) atoms. The highest BCUT2D eigenvalue weighted by atomic mass is 32.1. The minimum absolute atomic E-state index is 0.323. The standard InChI is InChI=1S/C55H37N3O5S2/c1-63-47-23-17-40-30-46(22-16-41(40)31-47)58(44-18-12-36(13-19-44)28-50(38-8-4-2-5-9-38)52-26-24-48(64-52)32-42(34-56)54(59)60)45-20-14-37(15-21-45)29-51(39-10-6-3-7-11-39)53-27-25-49(65-53)33-43(35-57)55(61)62/h2-33H,1H3,(H,59,60)(H,61,62)/b42-32+,43-33+,50-28+,51-29+. The molecule has 0 bridgehead atoms. The van der Waals surface area contributed by atoms with E-state index in [2.05, 4.69) is 89.8 Å². The molecular formula is C55H37N3O5S2. The number of thiophene rings is 2. The summed E-state index contributed by atoms with van der Waals surface area (Å²) in [5.41, 5.74) is 8.00. The van der Waals surface area contributed by atoms with E-state index in [0.29, 0.717) is 9.75 Å². The Kier molecular flexibility index (Phi) is 13.0. The van der Waals surface area contributed by atoms with Crippen LogP contribution in [0.15, 0.2) is 181 Å². The summed E-state index contributed by atoms with van der Waals surface area (Å²) < 4.78 is 5.50. The highest BCUT2D eigenvalue weighted by molar-refractivity contribution is 7.14. The zero-order valence-corrected chi connectivity index (χ0v) is 36.4. The maximum Gasteiger partial charge on any atom is 0.346 e. The SMILES string of the molecule is COc1ccc2cc(N(c3ccc(/C=C(\c4ccccc4)c4ccc(/C=C(\C#N)C(=O)O)s4)cc3)c3ccc(/C=C(\c4ccccc4)c4ccc(/C=C(\C#N)C(=O)O)s4)cc3)ccc2c1. The molecule has 2 N–H and O–H groups in total. The van der Waals surface area contributed by atoms with Crippen molar-refractivity contribution in [3.63, 3.8) is 0 Å². The lowest BCUT2D eigenvalue weighted by Crippen LogP contribution is -2.10. The summed E-state index contributed by atoms with van der Waals surface area (Å²) in [5, 5.41) is 39.6. The highest BCUT2D eigenvalue weighted by Gasteiger charge is 2.16. The van der Waals surface area contributed by atoms with Crippen LogP contribution in [0.5, 0.6) is 5.75 Å². The van der Waals surface area contributed by atoms with Gasteiger partial charge >= 0.3 is 11.9 Å². The van der Waals surface area contributed by atoms with E-state index in [1.165, 1.54) is 34.8 Å². The first-order chi connectivity index (χ1) is 31.7. The molecule has 0 unspecified atom stereocenters. The van der Waals surface area contributed by atoms with Crippen LogP contribution < -0.4 is 9.64 Å². The van der Waals surface area contributed by atoms with Gasteiger partial charge in [0.1, 0.15) is 29.0 Å². The Bertz CT molecular complexity index is 3080. The Labute approximate surface area is 383 Å². The third-order valence-corrected chi connectivity index (χ3v) is 12.6. The Hall–Kier alpha value is -8.54. The van der Waals surface area contributed by atoms with Gasteiger partial charge < -0.3 is 19.8 Å². The molecule has 0 spiro atoms. The van der Waals surface area contributed by atoms with Gasteiger partial charge in [-0.2, -0.15) is 10.5 Å². The van der Waals surface area contributed by atoms with Gasteiger partial charge in [-0.15, -0.1) is 22.7 Å². The molecule has 8 aromatic rings. The van der Waals surface area contributed by atoms with Crippen LogP contribution in [0.25, 0.3) is 46.2 Å². The Morgan fingerprint density at radius 1 is 0.523 bits per heavy atom. The molecule has 2 aromatic heterocycles. The summed E-state index contributed by atoms with van der Waals surface area (Å²) in [6, 6.07) is 60.1. The number of nitriles is 2. The van der Waals surface area contributed by atoms with E-state index in [1.807, 2.05) is 97.1 Å². The number of anilines is 3. The normalized spacial score (nSPS) is 12.0. The minimum atomic E-state index is -1.26. The van der Waals surface area contributed by atoms with E-state index >= 15 is 0 Å². The molecule has 0 amide bonds. The lowest BCUT2D eigenvalue weighted by Gasteiger charge is -2.26. The molecule has 0 saturated heterocycles. The van der Waals surface area contributed by atoms with Crippen molar-refractivity contribution in [2.75, 3.05) is 12.0 Å². The number of ether oxygens (including phenoxy) is 1. The van der Waals surface area contributed by atoms with Gasteiger partial charge in [-0.05, 0) is 141 Å². The van der Waals surface area contributed by atoms with Crippen LogP contribution in [-0.4, -0.2) is 29.3 Å². The number of rotatable bonds is 14. The van der Waals surface area contributed by atoms with Crippen molar-refractivity contribution in [3.05, 3.63) is 223 Å². The van der Waals surface area contributed by atoms with Crippen molar-refractivity contribution in [3.8, 4) is 17.9 Å². The number of fused-ring (bicyclic) bond motifs is 1. The van der Waals surface area contributed by atoms with Gasteiger partial charge in [-0.25, -0.2) is 9.59 Å². The molecular weight excluding hydrogens is 847 g/mol. The smallest absolute Gasteiger partial charge is 0.346 e. The zero-order chi connectivity index (χ0) is 45.3. The number of carboxylic acids is 2. The predicted molar refractivity (Wildman–Crippen MR) is 263 cm³/mol. The largest absolute Gasteiger partial charge is 0.497 e. The predicted octanol–water partition coefficient (Wildman–Crippen LogP) is 13.6. The summed E-state index contributed by atoms with van der Waals surface area (Å²) in [4.78, 5) is 28.5. The number of carbonyl (C=O) groups is 2. The summed E-state index contributed by atoms with van der Waals surface area (Å²) in [5.74, 6) is -1.75. The van der Waals surface area contributed by atoms with E-state index < -0.39 is 11.9 Å². The average molecular weight is 884 g/mol. The maximum atomic E-state index is 11.5. The molecule has 0 saturated carbocycles. The summed E-state index contributed by atoms with van der Waals surface area (Å²) in [6.45, 7) is 0. The van der Waals surface area contributed by atoms with Gasteiger partial charge in [-0.3, -0.25) is 0 Å². The monoisotopic (exact) mass is 883 g/mol. The van der Waals surface area contributed by atoms with E-state index in [4.69, 9.17) is 4.74 Å². The van der Waals surface area contributed by atoms with Crippen LogP contribution in [0.3, 0.4) is 0 Å². The van der Waals surface area contributed by atoms with Crippen LogP contribution in [0.4, 0.5) is 17.1 Å².